The van der Waals surface area contributed by atoms with Gasteiger partial charge in [0.05, 0.1) is 15.5 Å². The Bertz CT molecular complexity index is 954. The van der Waals surface area contributed by atoms with Gasteiger partial charge in [0.2, 0.25) is 10.0 Å². The number of nitrogens with one attached hydrogen (secondary N) is 1. The number of sulfonamides is 1. The summed E-state index contributed by atoms with van der Waals surface area (Å²) in [6.07, 6.45) is 1.60. The van der Waals surface area contributed by atoms with Gasteiger partial charge in [-0.15, -0.1) is 0 Å². The van der Waals surface area contributed by atoms with Crippen LogP contribution in [-0.2, 0) is 16.4 Å². The van der Waals surface area contributed by atoms with E-state index in [1.807, 2.05) is 24.3 Å². The van der Waals surface area contributed by atoms with Crippen LogP contribution in [0.25, 0.3) is 0 Å². The van der Waals surface area contributed by atoms with Gasteiger partial charge in [0, 0.05) is 11.6 Å². The number of nitrogens with zero attached hydrogens (tertiary/aromatic N) is 2. The van der Waals surface area contributed by atoms with Crippen LogP contribution in [0.5, 0.6) is 0 Å². The maximum Gasteiger partial charge on any atom is 0.295 e. The fourth-order valence-corrected chi connectivity index (χ4v) is 3.12. The van der Waals surface area contributed by atoms with E-state index in [4.69, 9.17) is 5.14 Å². The topological polar surface area (TPSA) is 128 Å². The zero-order valence-electron chi connectivity index (χ0n) is 12.5. The second-order valence-electron chi connectivity index (χ2n) is 5.31. The number of benzene rings is 2. The zero-order chi connectivity index (χ0) is 17.3. The molecule has 0 spiro atoms. The van der Waals surface area contributed by atoms with Gasteiger partial charge in [-0.05, 0) is 30.5 Å². The number of fused-ring (bicyclic) bond motifs is 1. The second kappa shape index (κ2) is 6.02. The minimum Gasteiger partial charge on any atom is -0.271 e. The zero-order valence-corrected chi connectivity index (χ0v) is 13.3. The lowest BCUT2D eigenvalue weighted by Crippen LogP contribution is -2.12. The lowest BCUT2D eigenvalue weighted by atomic mass is 10.1. The van der Waals surface area contributed by atoms with E-state index < -0.39 is 20.6 Å². The summed E-state index contributed by atoms with van der Waals surface area (Å²) >= 11 is 0. The van der Waals surface area contributed by atoms with Crippen molar-refractivity contribution >= 4 is 27.1 Å². The summed E-state index contributed by atoms with van der Waals surface area (Å²) < 4.78 is 22.7. The molecule has 0 heterocycles. The van der Waals surface area contributed by atoms with E-state index in [9.17, 15) is 18.5 Å². The lowest BCUT2D eigenvalue weighted by Gasteiger charge is -2.06. The third-order valence-electron chi connectivity index (χ3n) is 3.77. The smallest absolute Gasteiger partial charge is 0.271 e. The summed E-state index contributed by atoms with van der Waals surface area (Å²) in [5.74, 6) is 0. The molecule has 3 N–H and O–H groups in total. The van der Waals surface area contributed by atoms with Crippen LogP contribution in [0.15, 0.2) is 52.5 Å². The number of nitro groups is 1. The molecular formula is C15H14N4O4S. The highest BCUT2D eigenvalue weighted by molar-refractivity contribution is 7.89. The van der Waals surface area contributed by atoms with Crippen molar-refractivity contribution in [3.8, 4) is 0 Å². The molecule has 0 saturated heterocycles. The highest BCUT2D eigenvalue weighted by atomic mass is 32.2. The molecule has 0 amide bonds. The molecule has 3 rings (SSSR count). The number of hydrogen-bond donors (Lipinski definition) is 2. The Balaban J connectivity index is 1.94. The number of aryl methyl sites for hydroxylation is 1. The van der Waals surface area contributed by atoms with Crippen molar-refractivity contribution in [2.24, 2.45) is 10.2 Å². The molecule has 0 radical (unpaired) electrons. The predicted octanol–water partition coefficient (Wildman–Crippen LogP) is 2.00. The van der Waals surface area contributed by atoms with Crippen molar-refractivity contribution in [2.45, 2.75) is 17.7 Å². The predicted molar refractivity (Wildman–Crippen MR) is 89.4 cm³/mol. The summed E-state index contributed by atoms with van der Waals surface area (Å²) in [7, 11) is -4.01. The highest BCUT2D eigenvalue weighted by Gasteiger charge is 2.20. The minimum atomic E-state index is -4.01. The Hall–Kier alpha value is -2.78. The van der Waals surface area contributed by atoms with Gasteiger partial charge in [-0.1, -0.05) is 24.3 Å². The monoisotopic (exact) mass is 346 g/mol. The summed E-state index contributed by atoms with van der Waals surface area (Å²) in [6, 6.07) is 11.2. The van der Waals surface area contributed by atoms with Crippen molar-refractivity contribution < 1.29 is 13.3 Å². The van der Waals surface area contributed by atoms with Crippen LogP contribution in [0.4, 0.5) is 11.4 Å². The van der Waals surface area contributed by atoms with Gasteiger partial charge < -0.3 is 0 Å². The molecule has 9 heteroatoms. The molecule has 124 valence electrons. The van der Waals surface area contributed by atoms with E-state index in [2.05, 4.69) is 10.5 Å². The Labute approximate surface area is 138 Å². The van der Waals surface area contributed by atoms with Gasteiger partial charge >= 0.3 is 0 Å². The number of hydrazone groups is 1. The van der Waals surface area contributed by atoms with Gasteiger partial charge in [0.25, 0.3) is 5.69 Å². The van der Waals surface area contributed by atoms with Crippen molar-refractivity contribution in [3.05, 3.63) is 63.7 Å². The number of hydrogen-bond acceptors (Lipinski definition) is 6. The molecule has 2 aromatic carbocycles. The Morgan fingerprint density at radius 1 is 1.17 bits per heavy atom. The average Bonchev–Trinajstić information content (AvgIpc) is 2.95. The van der Waals surface area contributed by atoms with E-state index in [0.717, 1.165) is 30.2 Å². The van der Waals surface area contributed by atoms with Crippen LogP contribution in [0.3, 0.4) is 0 Å². The third kappa shape index (κ3) is 3.12. The first-order valence-corrected chi connectivity index (χ1v) is 8.63. The van der Waals surface area contributed by atoms with E-state index in [1.54, 1.807) is 0 Å². The molecule has 1 aliphatic carbocycles. The molecule has 1 aliphatic rings. The molecule has 2 aromatic rings. The minimum absolute atomic E-state index is 0.101. The van der Waals surface area contributed by atoms with E-state index in [1.165, 1.54) is 17.7 Å². The Morgan fingerprint density at radius 3 is 2.62 bits per heavy atom. The molecule has 0 atom stereocenters. The van der Waals surface area contributed by atoms with E-state index >= 15 is 0 Å². The van der Waals surface area contributed by atoms with Gasteiger partial charge in [0.15, 0.2) is 0 Å². The fourth-order valence-electron chi connectivity index (χ4n) is 2.59. The third-order valence-corrected chi connectivity index (χ3v) is 4.68. The number of rotatable bonds is 4. The van der Waals surface area contributed by atoms with Crippen LogP contribution in [0.2, 0.25) is 0 Å². The number of nitrogens with two attached hydrogens (primary N) is 1. The second-order valence-corrected chi connectivity index (χ2v) is 6.87. The number of nitro benzene ring substituents is 1. The van der Waals surface area contributed by atoms with Crippen molar-refractivity contribution in [3.63, 3.8) is 0 Å². The first kappa shape index (κ1) is 16.1. The van der Waals surface area contributed by atoms with E-state index in [0.29, 0.717) is 0 Å². The largest absolute Gasteiger partial charge is 0.295 e. The normalized spacial score (nSPS) is 15.3. The molecule has 0 saturated carbocycles. The quantitative estimate of drug-likeness (QED) is 0.646. The molecular weight excluding hydrogens is 332 g/mol. The van der Waals surface area contributed by atoms with Gasteiger partial charge in [-0.25, -0.2) is 13.6 Å². The van der Waals surface area contributed by atoms with Gasteiger partial charge in [-0.3, -0.25) is 15.5 Å². The summed E-state index contributed by atoms with van der Waals surface area (Å²) in [5.41, 5.74) is 5.35. The molecule has 0 aliphatic heterocycles. The van der Waals surface area contributed by atoms with Crippen LogP contribution >= 0.6 is 0 Å². The Morgan fingerprint density at radius 2 is 1.92 bits per heavy atom. The summed E-state index contributed by atoms with van der Waals surface area (Å²) in [5, 5.41) is 20.4. The number of primary sulfonamides is 1. The Kier molecular flexibility index (Phi) is 4.04. The van der Waals surface area contributed by atoms with Gasteiger partial charge in [-0.2, -0.15) is 5.10 Å². The fraction of sp³-hybridized carbons (Fsp3) is 0.133. The lowest BCUT2D eigenvalue weighted by molar-refractivity contribution is -0.384. The highest BCUT2D eigenvalue weighted by Crippen LogP contribution is 2.28. The van der Waals surface area contributed by atoms with Crippen molar-refractivity contribution in [1.82, 2.24) is 0 Å². The summed E-state index contributed by atoms with van der Waals surface area (Å²) in [6.45, 7) is 0. The maximum atomic E-state index is 11.3. The van der Waals surface area contributed by atoms with Crippen molar-refractivity contribution in [2.75, 3.05) is 5.43 Å². The van der Waals surface area contributed by atoms with Crippen LogP contribution in [0, 0.1) is 10.1 Å². The van der Waals surface area contributed by atoms with Crippen LogP contribution in [-0.4, -0.2) is 19.1 Å². The molecule has 0 fully saturated rings. The molecule has 0 aromatic heterocycles. The molecule has 0 unspecified atom stereocenters. The van der Waals surface area contributed by atoms with Crippen LogP contribution < -0.4 is 10.6 Å². The molecule has 0 bridgehead atoms. The number of anilines is 1. The average molecular weight is 346 g/mol. The van der Waals surface area contributed by atoms with E-state index in [-0.39, 0.29) is 10.6 Å². The van der Waals surface area contributed by atoms with Gasteiger partial charge in [0.1, 0.15) is 5.69 Å². The maximum absolute atomic E-state index is 11.3. The molecule has 24 heavy (non-hydrogen) atoms. The first-order valence-electron chi connectivity index (χ1n) is 7.08. The van der Waals surface area contributed by atoms with Crippen molar-refractivity contribution in [1.29, 1.82) is 0 Å². The molecule has 8 nitrogen and oxygen atoms in total. The van der Waals surface area contributed by atoms with Crippen LogP contribution in [0.1, 0.15) is 17.5 Å². The standard InChI is InChI=1S/C15H14N4O4S/c16-24(22,23)11-6-8-14(15(9-11)19(20)21)18-17-13-7-5-10-3-1-2-4-12(10)13/h1-4,6,8-9,18H,5,7H2,(H2,16,22,23). The first-order chi connectivity index (χ1) is 11.4. The SMILES string of the molecule is NS(=O)(=O)c1ccc(NN=C2CCc3ccccc32)c([N+](=O)[O-])c1. The summed E-state index contributed by atoms with van der Waals surface area (Å²) in [4.78, 5) is 10.2.